The Hall–Kier alpha value is -2.38. The van der Waals surface area contributed by atoms with Crippen molar-refractivity contribution in [3.63, 3.8) is 0 Å². The third-order valence-electron chi connectivity index (χ3n) is 3.98. The van der Waals surface area contributed by atoms with Crippen LogP contribution in [-0.2, 0) is 17.1 Å². The molecule has 0 spiro atoms. The van der Waals surface area contributed by atoms with Gasteiger partial charge in [-0.3, -0.25) is 4.79 Å². The zero-order valence-corrected chi connectivity index (χ0v) is 16.1. The molecule has 27 heavy (non-hydrogen) atoms. The van der Waals surface area contributed by atoms with Crippen LogP contribution in [0.4, 0.5) is 4.39 Å². The Labute approximate surface area is 165 Å². The van der Waals surface area contributed by atoms with Gasteiger partial charge in [0.1, 0.15) is 5.82 Å². The van der Waals surface area contributed by atoms with E-state index in [1.165, 1.54) is 17.8 Å². The molecule has 0 saturated carbocycles. The van der Waals surface area contributed by atoms with E-state index in [4.69, 9.17) is 16.7 Å². The van der Waals surface area contributed by atoms with Gasteiger partial charge in [0, 0.05) is 28.4 Å². The van der Waals surface area contributed by atoms with Crippen LogP contribution in [0.15, 0.2) is 47.6 Å². The van der Waals surface area contributed by atoms with Gasteiger partial charge in [0.2, 0.25) is 0 Å². The second kappa shape index (κ2) is 8.54. The number of aryl methyl sites for hydroxylation is 1. The Morgan fingerprint density at radius 1 is 1.22 bits per heavy atom. The second-order valence-electron chi connectivity index (χ2n) is 5.96. The number of aliphatic carboxylic acids is 1. The SMILES string of the molecule is Cc1ccc(-c2nnc(SCc3c(F)cccc3Cl)n2CCC(=O)O)cc1. The van der Waals surface area contributed by atoms with Gasteiger partial charge in [0.05, 0.1) is 6.42 Å². The topological polar surface area (TPSA) is 68.0 Å². The Balaban J connectivity index is 1.90. The molecule has 0 aliphatic rings. The lowest BCUT2D eigenvalue weighted by atomic mass is 10.1. The lowest BCUT2D eigenvalue weighted by Crippen LogP contribution is -2.07. The Kier molecular flexibility index (Phi) is 6.13. The van der Waals surface area contributed by atoms with Crippen molar-refractivity contribution in [1.29, 1.82) is 0 Å². The first-order valence-electron chi connectivity index (χ1n) is 8.23. The molecule has 0 amide bonds. The van der Waals surface area contributed by atoms with E-state index in [1.54, 1.807) is 16.7 Å². The van der Waals surface area contributed by atoms with Gasteiger partial charge < -0.3 is 9.67 Å². The fourth-order valence-corrected chi connectivity index (χ4v) is 3.84. The predicted molar refractivity (Wildman–Crippen MR) is 103 cm³/mol. The molecule has 0 aliphatic carbocycles. The summed E-state index contributed by atoms with van der Waals surface area (Å²) in [6.07, 6.45) is -0.0646. The van der Waals surface area contributed by atoms with Gasteiger partial charge >= 0.3 is 5.97 Å². The molecule has 0 unspecified atom stereocenters. The van der Waals surface area contributed by atoms with Crippen molar-refractivity contribution in [2.24, 2.45) is 0 Å². The van der Waals surface area contributed by atoms with Crippen LogP contribution in [0.5, 0.6) is 0 Å². The molecule has 0 atom stereocenters. The number of nitrogens with zero attached hydrogens (tertiary/aromatic N) is 3. The van der Waals surface area contributed by atoms with Crippen LogP contribution in [0.2, 0.25) is 5.02 Å². The highest BCUT2D eigenvalue weighted by molar-refractivity contribution is 7.98. The highest BCUT2D eigenvalue weighted by Crippen LogP contribution is 2.30. The molecule has 3 rings (SSSR count). The first-order valence-corrected chi connectivity index (χ1v) is 9.60. The summed E-state index contributed by atoms with van der Waals surface area (Å²) in [4.78, 5) is 11.0. The summed E-state index contributed by atoms with van der Waals surface area (Å²) >= 11 is 7.35. The van der Waals surface area contributed by atoms with Crippen molar-refractivity contribution in [3.05, 3.63) is 64.4 Å². The minimum absolute atomic E-state index is 0.0646. The summed E-state index contributed by atoms with van der Waals surface area (Å²) in [5, 5.41) is 18.3. The number of thioether (sulfide) groups is 1. The van der Waals surface area contributed by atoms with Crippen LogP contribution in [0.25, 0.3) is 11.4 Å². The van der Waals surface area contributed by atoms with E-state index in [0.717, 1.165) is 11.1 Å². The molecule has 0 fully saturated rings. The maximum absolute atomic E-state index is 14.0. The molecule has 0 radical (unpaired) electrons. The number of hydrogen-bond donors (Lipinski definition) is 1. The number of carbonyl (C=O) groups is 1. The standard InChI is InChI=1S/C19H17ClFN3O2S/c1-12-5-7-13(8-6-12)18-22-23-19(24(18)10-9-17(25)26)27-11-14-15(20)3-2-4-16(14)21/h2-8H,9-11H2,1H3,(H,25,26). The number of carboxylic acids is 1. The number of benzene rings is 2. The molecule has 1 aromatic heterocycles. The van der Waals surface area contributed by atoms with Crippen LogP contribution in [0.1, 0.15) is 17.5 Å². The van der Waals surface area contributed by atoms with E-state index in [1.807, 2.05) is 31.2 Å². The van der Waals surface area contributed by atoms with Crippen molar-refractivity contribution in [3.8, 4) is 11.4 Å². The minimum Gasteiger partial charge on any atom is -0.481 e. The number of rotatable bonds is 7. The van der Waals surface area contributed by atoms with Crippen LogP contribution in [0, 0.1) is 12.7 Å². The van der Waals surface area contributed by atoms with Crippen LogP contribution >= 0.6 is 23.4 Å². The van der Waals surface area contributed by atoms with Gasteiger partial charge in [-0.25, -0.2) is 4.39 Å². The van der Waals surface area contributed by atoms with Crippen molar-refractivity contribution < 1.29 is 14.3 Å². The van der Waals surface area contributed by atoms with Gasteiger partial charge in [0.25, 0.3) is 0 Å². The molecule has 1 N–H and O–H groups in total. The number of halogens is 2. The van der Waals surface area contributed by atoms with E-state index in [9.17, 15) is 9.18 Å². The zero-order valence-electron chi connectivity index (χ0n) is 14.5. The first kappa shape index (κ1) is 19.4. The average Bonchev–Trinajstić information content (AvgIpc) is 3.03. The fraction of sp³-hybridized carbons (Fsp3) is 0.211. The Morgan fingerprint density at radius 3 is 2.63 bits per heavy atom. The fourth-order valence-electron chi connectivity index (χ4n) is 2.53. The van der Waals surface area contributed by atoms with Crippen LogP contribution < -0.4 is 0 Å². The molecular formula is C19H17ClFN3O2S. The monoisotopic (exact) mass is 405 g/mol. The summed E-state index contributed by atoms with van der Waals surface area (Å²) in [6, 6.07) is 12.3. The lowest BCUT2D eigenvalue weighted by molar-refractivity contribution is -0.137. The van der Waals surface area contributed by atoms with Gasteiger partial charge in [-0.2, -0.15) is 0 Å². The average molecular weight is 406 g/mol. The van der Waals surface area contributed by atoms with E-state index in [-0.39, 0.29) is 24.5 Å². The molecule has 8 heteroatoms. The van der Waals surface area contributed by atoms with Gasteiger partial charge in [-0.1, -0.05) is 59.3 Å². The number of aromatic nitrogens is 3. The molecule has 0 aliphatic heterocycles. The first-order chi connectivity index (χ1) is 13.0. The quantitative estimate of drug-likeness (QED) is 0.571. The molecule has 3 aromatic rings. The van der Waals surface area contributed by atoms with Crippen molar-refractivity contribution in [2.75, 3.05) is 0 Å². The summed E-state index contributed by atoms with van der Waals surface area (Å²) in [5.41, 5.74) is 2.34. The van der Waals surface area contributed by atoms with E-state index < -0.39 is 5.97 Å². The summed E-state index contributed by atoms with van der Waals surface area (Å²) in [5.74, 6) is -0.444. The second-order valence-corrected chi connectivity index (χ2v) is 7.31. The summed E-state index contributed by atoms with van der Waals surface area (Å²) < 4.78 is 15.7. The molecule has 5 nitrogen and oxygen atoms in total. The molecular weight excluding hydrogens is 389 g/mol. The number of carboxylic acid groups (broad SMARTS) is 1. The molecule has 2 aromatic carbocycles. The normalized spacial score (nSPS) is 10.9. The minimum atomic E-state index is -0.911. The van der Waals surface area contributed by atoms with Gasteiger partial charge in [-0.05, 0) is 19.1 Å². The maximum Gasteiger partial charge on any atom is 0.305 e. The van der Waals surface area contributed by atoms with Crippen LogP contribution in [-0.4, -0.2) is 25.8 Å². The van der Waals surface area contributed by atoms with E-state index in [0.29, 0.717) is 21.6 Å². The highest BCUT2D eigenvalue weighted by Gasteiger charge is 2.17. The smallest absolute Gasteiger partial charge is 0.305 e. The summed E-state index contributed by atoms with van der Waals surface area (Å²) in [6.45, 7) is 2.21. The predicted octanol–water partition coefficient (Wildman–Crippen LogP) is 4.81. The molecule has 0 saturated heterocycles. The number of hydrogen-bond acceptors (Lipinski definition) is 4. The molecule has 140 valence electrons. The van der Waals surface area contributed by atoms with E-state index in [2.05, 4.69) is 10.2 Å². The lowest BCUT2D eigenvalue weighted by Gasteiger charge is -2.10. The van der Waals surface area contributed by atoms with Crippen molar-refractivity contribution in [1.82, 2.24) is 14.8 Å². The van der Waals surface area contributed by atoms with Crippen LogP contribution in [0.3, 0.4) is 0 Å². The third kappa shape index (κ3) is 4.67. The molecule has 1 heterocycles. The van der Waals surface area contributed by atoms with E-state index >= 15 is 0 Å². The largest absolute Gasteiger partial charge is 0.481 e. The van der Waals surface area contributed by atoms with Gasteiger partial charge in [-0.15, -0.1) is 10.2 Å². The molecule has 0 bridgehead atoms. The van der Waals surface area contributed by atoms with Gasteiger partial charge in [0.15, 0.2) is 11.0 Å². The summed E-state index contributed by atoms with van der Waals surface area (Å²) in [7, 11) is 0. The Morgan fingerprint density at radius 2 is 1.96 bits per heavy atom. The highest BCUT2D eigenvalue weighted by atomic mass is 35.5. The maximum atomic E-state index is 14.0. The van der Waals surface area contributed by atoms with Crippen molar-refractivity contribution >= 4 is 29.3 Å². The third-order valence-corrected chi connectivity index (χ3v) is 5.33. The zero-order chi connectivity index (χ0) is 19.4. The Bertz CT molecular complexity index is 940. The van der Waals surface area contributed by atoms with Crippen molar-refractivity contribution in [2.45, 2.75) is 30.8 Å².